The van der Waals surface area contributed by atoms with Crippen molar-refractivity contribution in [1.82, 2.24) is 9.78 Å². The molecule has 1 aromatic carbocycles. The Balaban J connectivity index is 2.48. The summed E-state index contributed by atoms with van der Waals surface area (Å²) in [6.45, 7) is 1.95. The molecule has 16 heavy (non-hydrogen) atoms. The lowest BCUT2D eigenvalue weighted by atomic mass is 10.3. The normalized spacial score (nSPS) is 10.5. The fourth-order valence-corrected chi connectivity index (χ4v) is 1.55. The topological polar surface area (TPSA) is 21.1 Å². The van der Waals surface area contributed by atoms with Crippen LogP contribution in [0.3, 0.4) is 0 Å². The maximum Gasteiger partial charge on any atom is 0.150 e. The van der Waals surface area contributed by atoms with Crippen LogP contribution in [0.4, 0.5) is 10.2 Å². The van der Waals surface area contributed by atoms with Crippen molar-refractivity contribution >= 4 is 5.82 Å². The van der Waals surface area contributed by atoms with Crippen molar-refractivity contribution in [2.45, 2.75) is 6.92 Å². The van der Waals surface area contributed by atoms with E-state index >= 15 is 0 Å². The van der Waals surface area contributed by atoms with Crippen molar-refractivity contribution in [3.05, 3.63) is 41.8 Å². The average molecular weight is 219 g/mol. The lowest BCUT2D eigenvalue weighted by Gasteiger charge is -2.07. The molecule has 0 fully saturated rings. The predicted molar refractivity (Wildman–Crippen MR) is 62.6 cm³/mol. The first-order chi connectivity index (χ1) is 7.58. The highest BCUT2D eigenvalue weighted by molar-refractivity contribution is 5.42. The van der Waals surface area contributed by atoms with Crippen LogP contribution in [0.5, 0.6) is 0 Å². The van der Waals surface area contributed by atoms with Crippen LogP contribution in [-0.2, 0) is 0 Å². The van der Waals surface area contributed by atoms with Crippen LogP contribution in [0.2, 0.25) is 0 Å². The highest BCUT2D eigenvalue weighted by Crippen LogP contribution is 2.17. The molecule has 0 amide bonds. The van der Waals surface area contributed by atoms with Crippen LogP contribution in [0.15, 0.2) is 30.3 Å². The van der Waals surface area contributed by atoms with Crippen molar-refractivity contribution in [2.75, 3.05) is 19.0 Å². The molecular formula is C12H14FN3. The van der Waals surface area contributed by atoms with E-state index in [4.69, 9.17) is 0 Å². The molecule has 1 heterocycles. The average Bonchev–Trinajstić information content (AvgIpc) is 2.60. The fraction of sp³-hybridized carbons (Fsp3) is 0.250. The summed E-state index contributed by atoms with van der Waals surface area (Å²) in [4.78, 5) is 1.92. The van der Waals surface area contributed by atoms with Crippen molar-refractivity contribution in [3.63, 3.8) is 0 Å². The van der Waals surface area contributed by atoms with Gasteiger partial charge < -0.3 is 4.90 Å². The van der Waals surface area contributed by atoms with Gasteiger partial charge in [-0.05, 0) is 25.1 Å². The zero-order valence-electron chi connectivity index (χ0n) is 9.61. The third-order valence-corrected chi connectivity index (χ3v) is 2.39. The molecule has 0 aliphatic heterocycles. The van der Waals surface area contributed by atoms with E-state index in [1.165, 1.54) is 12.1 Å². The first-order valence-corrected chi connectivity index (χ1v) is 5.08. The van der Waals surface area contributed by atoms with E-state index in [-0.39, 0.29) is 5.82 Å². The lowest BCUT2D eigenvalue weighted by Crippen LogP contribution is -2.09. The molecular weight excluding hydrogens is 205 g/mol. The van der Waals surface area contributed by atoms with Gasteiger partial charge in [-0.3, -0.25) is 0 Å². The van der Waals surface area contributed by atoms with E-state index in [1.807, 2.05) is 38.1 Å². The Hall–Kier alpha value is -1.84. The minimum absolute atomic E-state index is 0.251. The smallest absolute Gasteiger partial charge is 0.150 e. The maximum atomic E-state index is 13.1. The number of aromatic nitrogens is 2. The molecule has 0 atom stereocenters. The number of rotatable bonds is 2. The van der Waals surface area contributed by atoms with Crippen molar-refractivity contribution < 1.29 is 4.39 Å². The third-order valence-electron chi connectivity index (χ3n) is 2.39. The van der Waals surface area contributed by atoms with Crippen LogP contribution in [0, 0.1) is 12.7 Å². The molecule has 0 spiro atoms. The molecule has 0 N–H and O–H groups in total. The fourth-order valence-electron chi connectivity index (χ4n) is 1.55. The van der Waals surface area contributed by atoms with E-state index in [0.717, 1.165) is 17.2 Å². The lowest BCUT2D eigenvalue weighted by molar-refractivity contribution is 0.625. The largest absolute Gasteiger partial charge is 0.361 e. The SMILES string of the molecule is Cc1cc(N(C)C)nn1-c1cccc(F)c1. The molecule has 1 aromatic heterocycles. The molecule has 0 bridgehead atoms. The summed E-state index contributed by atoms with van der Waals surface area (Å²) >= 11 is 0. The van der Waals surface area contributed by atoms with Crippen LogP contribution in [0.1, 0.15) is 5.69 Å². The summed E-state index contributed by atoms with van der Waals surface area (Å²) < 4.78 is 14.8. The minimum atomic E-state index is -0.251. The number of aryl methyl sites for hydroxylation is 1. The number of hydrogen-bond acceptors (Lipinski definition) is 2. The van der Waals surface area contributed by atoms with E-state index < -0.39 is 0 Å². The predicted octanol–water partition coefficient (Wildman–Crippen LogP) is 2.39. The van der Waals surface area contributed by atoms with Gasteiger partial charge in [-0.15, -0.1) is 0 Å². The molecule has 3 nitrogen and oxygen atoms in total. The van der Waals surface area contributed by atoms with Gasteiger partial charge in [0.1, 0.15) is 5.82 Å². The van der Waals surface area contributed by atoms with E-state index in [2.05, 4.69) is 5.10 Å². The van der Waals surface area contributed by atoms with E-state index in [1.54, 1.807) is 10.7 Å². The Labute approximate surface area is 94.1 Å². The number of anilines is 1. The Morgan fingerprint density at radius 3 is 2.56 bits per heavy atom. The first-order valence-electron chi connectivity index (χ1n) is 5.08. The molecule has 2 rings (SSSR count). The molecule has 84 valence electrons. The molecule has 0 aliphatic rings. The van der Waals surface area contributed by atoms with Gasteiger partial charge in [0.25, 0.3) is 0 Å². The summed E-state index contributed by atoms with van der Waals surface area (Å²) in [6.07, 6.45) is 0. The van der Waals surface area contributed by atoms with Crippen molar-refractivity contribution in [2.24, 2.45) is 0 Å². The van der Waals surface area contributed by atoms with Crippen LogP contribution in [0.25, 0.3) is 5.69 Å². The second-order valence-corrected chi connectivity index (χ2v) is 3.93. The van der Waals surface area contributed by atoms with Gasteiger partial charge in [0.05, 0.1) is 5.69 Å². The van der Waals surface area contributed by atoms with Crippen LogP contribution in [-0.4, -0.2) is 23.9 Å². The highest BCUT2D eigenvalue weighted by Gasteiger charge is 2.07. The Morgan fingerprint density at radius 1 is 1.25 bits per heavy atom. The van der Waals surface area contributed by atoms with Gasteiger partial charge >= 0.3 is 0 Å². The maximum absolute atomic E-state index is 13.1. The number of nitrogens with zero attached hydrogens (tertiary/aromatic N) is 3. The summed E-state index contributed by atoms with van der Waals surface area (Å²) in [5.41, 5.74) is 1.72. The van der Waals surface area contributed by atoms with Crippen LogP contribution < -0.4 is 4.90 Å². The Bertz CT molecular complexity index is 503. The Kier molecular flexibility index (Phi) is 2.64. The van der Waals surface area contributed by atoms with Gasteiger partial charge in [0.2, 0.25) is 0 Å². The van der Waals surface area contributed by atoms with Crippen molar-refractivity contribution in [3.8, 4) is 5.69 Å². The van der Waals surface area contributed by atoms with Crippen LogP contribution >= 0.6 is 0 Å². The number of halogens is 1. The van der Waals surface area contributed by atoms with Gasteiger partial charge in [-0.1, -0.05) is 6.07 Å². The molecule has 0 aliphatic carbocycles. The van der Waals surface area contributed by atoms with E-state index in [0.29, 0.717) is 0 Å². The summed E-state index contributed by atoms with van der Waals surface area (Å²) in [7, 11) is 3.86. The second kappa shape index (κ2) is 3.96. The summed E-state index contributed by atoms with van der Waals surface area (Å²) in [5, 5.41) is 4.40. The van der Waals surface area contributed by atoms with Crippen molar-refractivity contribution in [1.29, 1.82) is 0 Å². The summed E-state index contributed by atoms with van der Waals surface area (Å²) in [5.74, 6) is 0.612. The third kappa shape index (κ3) is 1.91. The van der Waals surface area contributed by atoms with Gasteiger partial charge in [-0.25, -0.2) is 9.07 Å². The zero-order chi connectivity index (χ0) is 11.7. The molecule has 0 radical (unpaired) electrons. The monoisotopic (exact) mass is 219 g/mol. The highest BCUT2D eigenvalue weighted by atomic mass is 19.1. The summed E-state index contributed by atoms with van der Waals surface area (Å²) in [6, 6.07) is 8.38. The zero-order valence-corrected chi connectivity index (χ0v) is 9.61. The second-order valence-electron chi connectivity index (χ2n) is 3.93. The van der Waals surface area contributed by atoms with Gasteiger partial charge in [0, 0.05) is 25.9 Å². The molecule has 0 saturated carbocycles. The Morgan fingerprint density at radius 2 is 2.00 bits per heavy atom. The molecule has 4 heteroatoms. The van der Waals surface area contributed by atoms with Gasteiger partial charge in [-0.2, -0.15) is 5.10 Å². The standard InChI is InChI=1S/C12H14FN3/c1-9-7-12(15(2)3)14-16(9)11-6-4-5-10(13)8-11/h4-8H,1-3H3. The minimum Gasteiger partial charge on any atom is -0.361 e. The quantitative estimate of drug-likeness (QED) is 0.773. The molecule has 0 unspecified atom stereocenters. The van der Waals surface area contributed by atoms with Gasteiger partial charge in [0.15, 0.2) is 5.82 Å². The number of benzene rings is 1. The number of hydrogen-bond donors (Lipinski definition) is 0. The van der Waals surface area contributed by atoms with E-state index in [9.17, 15) is 4.39 Å². The molecule has 2 aromatic rings. The molecule has 0 saturated heterocycles. The first kappa shape index (κ1) is 10.7.